The summed E-state index contributed by atoms with van der Waals surface area (Å²) in [6, 6.07) is 11.2. The van der Waals surface area contributed by atoms with Crippen LogP contribution in [0, 0.1) is 5.82 Å². The maximum atomic E-state index is 12.8. The van der Waals surface area contributed by atoms with Crippen LogP contribution in [0.5, 0.6) is 0 Å². The fraction of sp³-hybridized carbons (Fsp3) is 0.133. The zero-order valence-electron chi connectivity index (χ0n) is 10.2. The van der Waals surface area contributed by atoms with E-state index >= 15 is 0 Å². The summed E-state index contributed by atoms with van der Waals surface area (Å²) in [6.45, 7) is 2.02. The summed E-state index contributed by atoms with van der Waals surface area (Å²) >= 11 is 6.90. The molecular weight excluding hydrogens is 375 g/mol. The molecule has 0 radical (unpaired) electrons. The van der Waals surface area contributed by atoms with Gasteiger partial charge in [-0.25, -0.2) is 4.39 Å². The van der Waals surface area contributed by atoms with Crippen molar-refractivity contribution in [2.75, 3.05) is 0 Å². The van der Waals surface area contributed by atoms with Crippen LogP contribution < -0.4 is 0 Å². The first kappa shape index (κ1) is 14.4. The Labute approximate surface area is 128 Å². The highest BCUT2D eigenvalue weighted by atomic mass is 79.9. The van der Waals surface area contributed by atoms with E-state index in [1.54, 1.807) is 6.07 Å². The number of alkyl halides is 1. The molecule has 0 bridgehead atoms. The highest BCUT2D eigenvalue weighted by Gasteiger charge is 2.14. The van der Waals surface area contributed by atoms with Crippen molar-refractivity contribution in [3.63, 3.8) is 0 Å². The topological polar surface area (TPSA) is 17.1 Å². The molecule has 2 rings (SSSR count). The van der Waals surface area contributed by atoms with E-state index in [0.29, 0.717) is 11.1 Å². The minimum absolute atomic E-state index is 0.124. The zero-order valence-corrected chi connectivity index (χ0v) is 13.3. The van der Waals surface area contributed by atoms with Gasteiger partial charge in [0.05, 0.1) is 0 Å². The van der Waals surface area contributed by atoms with E-state index in [4.69, 9.17) is 0 Å². The van der Waals surface area contributed by atoms with E-state index in [0.717, 1.165) is 10.0 Å². The van der Waals surface area contributed by atoms with Gasteiger partial charge in [0.15, 0.2) is 5.78 Å². The average Bonchev–Trinajstić information content (AvgIpc) is 2.38. The predicted molar refractivity (Wildman–Crippen MR) is 81.3 cm³/mol. The normalized spacial score (nSPS) is 12.2. The Bertz CT molecular complexity index is 606. The zero-order chi connectivity index (χ0) is 14.0. The highest BCUT2D eigenvalue weighted by Crippen LogP contribution is 2.28. The monoisotopic (exact) mass is 384 g/mol. The van der Waals surface area contributed by atoms with Gasteiger partial charge in [0.2, 0.25) is 0 Å². The van der Waals surface area contributed by atoms with Crippen LogP contribution in [-0.4, -0.2) is 5.78 Å². The molecule has 4 heteroatoms. The number of benzene rings is 2. The summed E-state index contributed by atoms with van der Waals surface area (Å²) in [6.07, 6.45) is 0. The lowest BCUT2D eigenvalue weighted by Gasteiger charge is -2.08. The molecule has 2 aromatic carbocycles. The molecule has 0 aliphatic carbocycles. The minimum atomic E-state index is -0.348. The van der Waals surface area contributed by atoms with Crippen LogP contribution in [0.15, 0.2) is 46.9 Å². The summed E-state index contributed by atoms with van der Waals surface area (Å²) in [5.41, 5.74) is 2.13. The molecular formula is C15H11Br2FO. The fourth-order valence-electron chi connectivity index (χ4n) is 1.72. The molecule has 1 unspecified atom stereocenters. The number of halogens is 3. The Morgan fingerprint density at radius 3 is 2.32 bits per heavy atom. The maximum absolute atomic E-state index is 12.8. The van der Waals surface area contributed by atoms with Crippen LogP contribution in [0.1, 0.15) is 33.2 Å². The molecule has 0 aliphatic heterocycles. The van der Waals surface area contributed by atoms with Crippen molar-refractivity contribution in [1.82, 2.24) is 0 Å². The second kappa shape index (κ2) is 5.97. The molecule has 0 aromatic heterocycles. The Kier molecular flexibility index (Phi) is 4.53. The van der Waals surface area contributed by atoms with Crippen molar-refractivity contribution in [2.45, 2.75) is 11.8 Å². The van der Waals surface area contributed by atoms with Crippen LogP contribution in [0.2, 0.25) is 0 Å². The first-order valence-electron chi connectivity index (χ1n) is 5.73. The lowest BCUT2D eigenvalue weighted by atomic mass is 10.0. The second-order valence-corrected chi connectivity index (χ2v) is 6.42. The molecule has 0 saturated carbocycles. The maximum Gasteiger partial charge on any atom is 0.194 e. The van der Waals surface area contributed by atoms with E-state index in [1.165, 1.54) is 24.3 Å². The average molecular weight is 386 g/mol. The van der Waals surface area contributed by atoms with Crippen LogP contribution in [0.4, 0.5) is 4.39 Å². The molecule has 0 N–H and O–H groups in total. The van der Waals surface area contributed by atoms with Crippen molar-refractivity contribution in [3.05, 3.63) is 69.4 Å². The molecule has 0 heterocycles. The van der Waals surface area contributed by atoms with Crippen LogP contribution >= 0.6 is 31.9 Å². The standard InChI is InChI=1S/C15H11Br2FO/c1-9(16)11-4-7-13(14(17)8-11)15(19)10-2-5-12(18)6-3-10/h2-9H,1H3. The number of rotatable bonds is 3. The molecule has 0 aliphatic rings. The van der Waals surface area contributed by atoms with E-state index in [1.807, 2.05) is 19.1 Å². The summed E-state index contributed by atoms with van der Waals surface area (Å²) < 4.78 is 13.6. The minimum Gasteiger partial charge on any atom is -0.289 e. The third-order valence-electron chi connectivity index (χ3n) is 2.80. The number of carbonyl (C=O) groups excluding carboxylic acids is 1. The highest BCUT2D eigenvalue weighted by molar-refractivity contribution is 9.10. The number of hydrogen-bond donors (Lipinski definition) is 0. The largest absolute Gasteiger partial charge is 0.289 e. The lowest BCUT2D eigenvalue weighted by Crippen LogP contribution is -2.03. The number of ketones is 1. The van der Waals surface area contributed by atoms with E-state index in [9.17, 15) is 9.18 Å². The molecule has 0 fully saturated rings. The third-order valence-corrected chi connectivity index (χ3v) is 3.99. The Morgan fingerprint density at radius 1 is 1.16 bits per heavy atom. The van der Waals surface area contributed by atoms with Crippen LogP contribution in [0.25, 0.3) is 0 Å². The first-order chi connectivity index (χ1) is 8.99. The quantitative estimate of drug-likeness (QED) is 0.519. The first-order valence-corrected chi connectivity index (χ1v) is 7.43. The van der Waals surface area contributed by atoms with Gasteiger partial charge < -0.3 is 0 Å². The summed E-state index contributed by atoms with van der Waals surface area (Å²) in [5, 5.41) is 0. The summed E-state index contributed by atoms with van der Waals surface area (Å²) in [4.78, 5) is 12.5. The van der Waals surface area contributed by atoms with Crippen molar-refractivity contribution in [1.29, 1.82) is 0 Å². The third kappa shape index (κ3) is 3.31. The van der Waals surface area contributed by atoms with Gasteiger partial charge in [-0.2, -0.15) is 0 Å². The van der Waals surface area contributed by atoms with Gasteiger partial charge in [-0.3, -0.25) is 4.79 Å². The summed E-state index contributed by atoms with van der Waals surface area (Å²) in [7, 11) is 0. The van der Waals surface area contributed by atoms with Crippen molar-refractivity contribution < 1.29 is 9.18 Å². The van der Waals surface area contributed by atoms with Gasteiger partial charge >= 0.3 is 0 Å². The second-order valence-electron chi connectivity index (χ2n) is 4.19. The number of hydrogen-bond acceptors (Lipinski definition) is 1. The molecule has 98 valence electrons. The van der Waals surface area contributed by atoms with Gasteiger partial charge in [-0.1, -0.05) is 37.9 Å². The van der Waals surface area contributed by atoms with Gasteiger partial charge in [0.25, 0.3) is 0 Å². The molecule has 0 spiro atoms. The van der Waals surface area contributed by atoms with Crippen LogP contribution in [0.3, 0.4) is 0 Å². The number of carbonyl (C=O) groups is 1. The van der Waals surface area contributed by atoms with Gasteiger partial charge in [-0.15, -0.1) is 0 Å². The smallest absolute Gasteiger partial charge is 0.194 e. The Balaban J connectivity index is 2.36. The van der Waals surface area contributed by atoms with Crippen molar-refractivity contribution in [3.8, 4) is 0 Å². The van der Waals surface area contributed by atoms with E-state index in [-0.39, 0.29) is 16.4 Å². The lowest BCUT2D eigenvalue weighted by molar-refractivity contribution is 0.103. The molecule has 2 aromatic rings. The van der Waals surface area contributed by atoms with Gasteiger partial charge in [0, 0.05) is 20.4 Å². The van der Waals surface area contributed by atoms with Crippen LogP contribution in [-0.2, 0) is 0 Å². The summed E-state index contributed by atoms with van der Waals surface area (Å²) in [5.74, 6) is -0.472. The van der Waals surface area contributed by atoms with Gasteiger partial charge in [0.1, 0.15) is 5.82 Å². The van der Waals surface area contributed by atoms with E-state index < -0.39 is 0 Å². The molecule has 0 amide bonds. The van der Waals surface area contributed by atoms with Gasteiger partial charge in [-0.05, 0) is 48.9 Å². The van der Waals surface area contributed by atoms with E-state index in [2.05, 4.69) is 31.9 Å². The molecule has 19 heavy (non-hydrogen) atoms. The van der Waals surface area contributed by atoms with Crippen molar-refractivity contribution >= 4 is 37.6 Å². The molecule has 1 nitrogen and oxygen atoms in total. The fourth-order valence-corrected chi connectivity index (χ4v) is 2.58. The Hall–Kier alpha value is -1.000. The van der Waals surface area contributed by atoms with Crippen molar-refractivity contribution in [2.24, 2.45) is 0 Å². The molecule has 1 atom stereocenters. The molecule has 0 saturated heterocycles. The Morgan fingerprint density at radius 2 is 1.79 bits per heavy atom. The SMILES string of the molecule is CC(Br)c1ccc(C(=O)c2ccc(F)cc2)c(Br)c1. The predicted octanol–water partition coefficient (Wildman–Crippen LogP) is 5.28.